The highest BCUT2D eigenvalue weighted by atomic mass is 79.9. The molecule has 0 nitrogen and oxygen atoms in total. The lowest BCUT2D eigenvalue weighted by Gasteiger charge is -2.31. The smallest absolute Gasteiger partial charge is 0.0629 e. The number of benzene rings is 6. The summed E-state index contributed by atoms with van der Waals surface area (Å²) in [5, 5.41) is 8.20. The molecule has 0 spiro atoms. The lowest BCUT2D eigenvalue weighted by molar-refractivity contribution is 0.595. The van der Waals surface area contributed by atoms with Crippen LogP contribution in [0.2, 0.25) is 0 Å². The van der Waals surface area contributed by atoms with Crippen molar-refractivity contribution in [2.75, 3.05) is 0 Å². The zero-order valence-electron chi connectivity index (χ0n) is 28.7. The van der Waals surface area contributed by atoms with Gasteiger partial charge in [-0.05, 0) is 102 Å². The van der Waals surface area contributed by atoms with Crippen molar-refractivity contribution in [3.63, 3.8) is 0 Å². The Morgan fingerprint density at radius 1 is 0.477 bits per heavy atom. The predicted molar refractivity (Wildman–Crippen MR) is 201 cm³/mol. The highest BCUT2D eigenvalue weighted by Gasteiger charge is 2.33. The molecule has 6 aromatic rings. The maximum atomic E-state index is 4.02. The van der Waals surface area contributed by atoms with Crippen LogP contribution in [-0.2, 0) is 10.8 Å². The van der Waals surface area contributed by atoms with Gasteiger partial charge >= 0.3 is 0 Å². The topological polar surface area (TPSA) is 0 Å². The fraction of sp³-hybridized carbons (Fsp3) is 0.333. The molecule has 6 aromatic carbocycles. The first-order valence-corrected chi connectivity index (χ1v) is 16.9. The maximum absolute atomic E-state index is 4.02. The second kappa shape index (κ2) is 10.5. The SMILES string of the molecule is Cc1cc(C)c(B(c2c(C)cc(C)cc2C)c2cc(C(C)(C)C)c3ccc4c(Br)cc(C(C)(C)C)c5ccc2c3c45)c(C)c1. The third-order valence-electron chi connectivity index (χ3n) is 9.86. The number of hydrogen-bond donors (Lipinski definition) is 0. The number of rotatable bonds is 3. The van der Waals surface area contributed by atoms with Crippen LogP contribution in [0.25, 0.3) is 32.3 Å². The van der Waals surface area contributed by atoms with E-state index in [1.54, 1.807) is 0 Å². The van der Waals surface area contributed by atoms with E-state index in [-0.39, 0.29) is 17.5 Å². The molecule has 2 heteroatoms. The van der Waals surface area contributed by atoms with Crippen molar-refractivity contribution in [3.05, 3.63) is 110 Å². The average molecular weight is 642 g/mol. The molecule has 0 aromatic heterocycles. The van der Waals surface area contributed by atoms with Gasteiger partial charge in [0.15, 0.2) is 0 Å². The summed E-state index contributed by atoms with van der Waals surface area (Å²) in [6, 6.07) is 24.0. The first kappa shape index (κ1) is 30.9. The molecule has 0 aliphatic rings. The van der Waals surface area contributed by atoms with E-state index in [2.05, 4.69) is 160 Å². The Labute approximate surface area is 273 Å². The summed E-state index contributed by atoms with van der Waals surface area (Å²) >= 11 is 4.02. The second-order valence-corrected chi connectivity index (χ2v) is 16.4. The minimum absolute atomic E-state index is 0.0231. The van der Waals surface area contributed by atoms with Crippen LogP contribution >= 0.6 is 15.9 Å². The zero-order valence-corrected chi connectivity index (χ0v) is 30.3. The van der Waals surface area contributed by atoms with Crippen LogP contribution in [0.5, 0.6) is 0 Å². The Morgan fingerprint density at radius 2 is 0.841 bits per heavy atom. The molecule has 0 fully saturated rings. The molecule has 0 unspecified atom stereocenters. The largest absolute Gasteiger partial charge is 0.243 e. The predicted octanol–water partition coefficient (Wildman–Crippen LogP) is 10.3. The van der Waals surface area contributed by atoms with Gasteiger partial charge in [-0.2, -0.15) is 0 Å². The van der Waals surface area contributed by atoms with Crippen molar-refractivity contribution in [1.82, 2.24) is 0 Å². The molecule has 44 heavy (non-hydrogen) atoms. The molecule has 0 heterocycles. The van der Waals surface area contributed by atoms with Crippen molar-refractivity contribution >= 4 is 71.3 Å². The van der Waals surface area contributed by atoms with Crippen LogP contribution in [0.4, 0.5) is 0 Å². The Kier molecular flexibility index (Phi) is 7.36. The van der Waals surface area contributed by atoms with E-state index in [0.717, 1.165) is 0 Å². The summed E-state index contributed by atoms with van der Waals surface area (Å²) in [5.41, 5.74) is 15.2. The van der Waals surface area contributed by atoms with Crippen LogP contribution in [0.1, 0.15) is 86.1 Å². The number of aryl methyl sites for hydroxylation is 6. The molecule has 224 valence electrons. The summed E-state index contributed by atoms with van der Waals surface area (Å²) < 4.78 is 1.18. The lowest BCUT2D eigenvalue weighted by atomic mass is 9.33. The summed E-state index contributed by atoms with van der Waals surface area (Å²) in [5.74, 6) is 0. The van der Waals surface area contributed by atoms with E-state index in [1.807, 2.05) is 0 Å². The van der Waals surface area contributed by atoms with Crippen molar-refractivity contribution in [3.8, 4) is 0 Å². The summed E-state index contributed by atoms with van der Waals surface area (Å²) in [6.07, 6.45) is 0. The summed E-state index contributed by atoms with van der Waals surface area (Å²) in [6.45, 7) is 27.9. The van der Waals surface area contributed by atoms with E-state index in [1.165, 1.54) is 97.7 Å². The van der Waals surface area contributed by atoms with E-state index < -0.39 is 0 Å². The molecule has 0 bridgehead atoms. The molecular formula is C42H46BBr. The van der Waals surface area contributed by atoms with Gasteiger partial charge in [-0.3, -0.25) is 0 Å². The highest BCUT2D eigenvalue weighted by molar-refractivity contribution is 9.10. The van der Waals surface area contributed by atoms with E-state index >= 15 is 0 Å². The van der Waals surface area contributed by atoms with Crippen molar-refractivity contribution in [2.45, 2.75) is 93.9 Å². The molecule has 0 N–H and O–H groups in total. The van der Waals surface area contributed by atoms with Crippen LogP contribution in [0, 0.1) is 41.5 Å². The standard InChI is InChI=1S/C42H46BBr/c1-23-17-25(3)39(26(4)18-23)43(40-27(5)19-24(2)20-28(40)6)35-21-33(41(7,8)9)29-14-16-32-36(44)22-34(42(10,11)12)30-13-15-31(35)37(29)38(30)32/h13-22H,1-12H3. The van der Waals surface area contributed by atoms with E-state index in [9.17, 15) is 0 Å². The van der Waals surface area contributed by atoms with Crippen LogP contribution < -0.4 is 16.4 Å². The molecule has 0 atom stereocenters. The van der Waals surface area contributed by atoms with E-state index in [0.29, 0.717) is 0 Å². The minimum Gasteiger partial charge on any atom is -0.0629 e. The first-order chi connectivity index (χ1) is 20.5. The molecule has 0 saturated heterocycles. The Balaban J connectivity index is 1.88. The fourth-order valence-corrected chi connectivity index (χ4v) is 8.76. The van der Waals surface area contributed by atoms with Gasteiger partial charge in [-0.25, -0.2) is 0 Å². The van der Waals surface area contributed by atoms with Gasteiger partial charge in [0.2, 0.25) is 6.71 Å². The van der Waals surface area contributed by atoms with Gasteiger partial charge in [-0.15, -0.1) is 0 Å². The minimum atomic E-state index is -0.0273. The number of hydrogen-bond acceptors (Lipinski definition) is 0. The zero-order chi connectivity index (χ0) is 32.0. The van der Waals surface area contributed by atoms with Crippen LogP contribution in [-0.4, -0.2) is 6.71 Å². The van der Waals surface area contributed by atoms with Crippen molar-refractivity contribution in [1.29, 1.82) is 0 Å². The monoisotopic (exact) mass is 640 g/mol. The quantitative estimate of drug-likeness (QED) is 0.133. The van der Waals surface area contributed by atoms with Crippen LogP contribution in [0.3, 0.4) is 0 Å². The fourth-order valence-electron chi connectivity index (χ4n) is 8.21. The molecule has 0 aliphatic heterocycles. The van der Waals surface area contributed by atoms with Crippen molar-refractivity contribution in [2.24, 2.45) is 0 Å². The first-order valence-electron chi connectivity index (χ1n) is 16.1. The lowest BCUT2D eigenvalue weighted by Crippen LogP contribution is -2.56. The highest BCUT2D eigenvalue weighted by Crippen LogP contribution is 2.44. The van der Waals surface area contributed by atoms with Gasteiger partial charge in [-0.1, -0.05) is 162 Å². The van der Waals surface area contributed by atoms with E-state index in [4.69, 9.17) is 0 Å². The third-order valence-corrected chi connectivity index (χ3v) is 10.5. The van der Waals surface area contributed by atoms with Gasteiger partial charge in [0.1, 0.15) is 0 Å². The van der Waals surface area contributed by atoms with Gasteiger partial charge in [0.05, 0.1) is 0 Å². The third kappa shape index (κ3) is 4.89. The Morgan fingerprint density at radius 3 is 1.27 bits per heavy atom. The van der Waals surface area contributed by atoms with Gasteiger partial charge < -0.3 is 0 Å². The van der Waals surface area contributed by atoms with Gasteiger partial charge in [0, 0.05) is 4.47 Å². The Hall–Kier alpha value is -3.10. The maximum Gasteiger partial charge on any atom is 0.243 e. The molecule has 0 saturated carbocycles. The van der Waals surface area contributed by atoms with Crippen LogP contribution in [0.15, 0.2) is 65.1 Å². The normalized spacial score (nSPS) is 12.7. The molecule has 0 amide bonds. The number of halogens is 1. The summed E-state index contributed by atoms with van der Waals surface area (Å²) in [4.78, 5) is 0. The van der Waals surface area contributed by atoms with Gasteiger partial charge in [0.25, 0.3) is 0 Å². The molecule has 0 aliphatic carbocycles. The summed E-state index contributed by atoms with van der Waals surface area (Å²) in [7, 11) is 0. The van der Waals surface area contributed by atoms with Crippen molar-refractivity contribution < 1.29 is 0 Å². The Bertz CT molecular complexity index is 2000. The molecular weight excluding hydrogens is 595 g/mol. The molecule has 0 radical (unpaired) electrons. The average Bonchev–Trinajstić information content (AvgIpc) is 2.89. The second-order valence-electron chi connectivity index (χ2n) is 15.5. The molecule has 6 rings (SSSR count).